The van der Waals surface area contributed by atoms with Crippen LogP contribution in [-0.2, 0) is 19.0 Å². The molecule has 0 atom stereocenters. The topological polar surface area (TPSA) is 78.7 Å². The standard InChI is InChI=1S/C24H25FN4O4/c1-24(23(30)28-10-12-31-13-11-28)15-32-22(33-16-24)20-14-21(17-6-8-26-9-7-17)29(27-20)19-4-2-18(25)3-5-19/h2-9,14,22H,10-13,15-16H2,1H3. The Morgan fingerprint density at radius 2 is 1.73 bits per heavy atom. The normalized spacial score (nSPS) is 23.5. The molecule has 2 saturated heterocycles. The molecule has 4 heterocycles. The molecular formula is C24H25FN4O4. The Labute approximate surface area is 190 Å². The Morgan fingerprint density at radius 1 is 1.06 bits per heavy atom. The van der Waals surface area contributed by atoms with Crippen LogP contribution >= 0.6 is 0 Å². The van der Waals surface area contributed by atoms with E-state index in [1.807, 2.05) is 25.1 Å². The van der Waals surface area contributed by atoms with Gasteiger partial charge in [0.2, 0.25) is 12.2 Å². The Bertz CT molecular complexity index is 1110. The van der Waals surface area contributed by atoms with Crippen molar-refractivity contribution in [2.75, 3.05) is 39.5 Å². The van der Waals surface area contributed by atoms with Crippen LogP contribution < -0.4 is 0 Å². The SMILES string of the molecule is CC1(C(=O)N2CCOCC2)COC(c2cc(-c3ccncc3)n(-c3ccc(F)cc3)n2)OC1. The number of halogens is 1. The van der Waals surface area contributed by atoms with Crippen molar-refractivity contribution in [2.24, 2.45) is 5.41 Å². The lowest BCUT2D eigenvalue weighted by Crippen LogP contribution is -2.53. The van der Waals surface area contributed by atoms with Crippen LogP contribution in [0.1, 0.15) is 18.9 Å². The number of pyridine rings is 1. The lowest BCUT2D eigenvalue weighted by Gasteiger charge is -2.39. The average molecular weight is 452 g/mol. The van der Waals surface area contributed by atoms with Crippen molar-refractivity contribution >= 4 is 5.91 Å². The molecule has 5 rings (SSSR count). The number of carbonyl (C=O) groups excluding carboxylic acids is 1. The number of nitrogens with zero attached hydrogens (tertiary/aromatic N) is 4. The second-order valence-electron chi connectivity index (χ2n) is 8.50. The first kappa shape index (κ1) is 21.7. The van der Waals surface area contributed by atoms with E-state index in [1.54, 1.807) is 34.1 Å². The summed E-state index contributed by atoms with van der Waals surface area (Å²) < 4.78 is 32.6. The summed E-state index contributed by atoms with van der Waals surface area (Å²) in [7, 11) is 0. The highest BCUT2D eigenvalue weighted by atomic mass is 19.1. The maximum Gasteiger partial charge on any atom is 0.233 e. The van der Waals surface area contributed by atoms with Gasteiger partial charge in [-0.1, -0.05) is 0 Å². The molecule has 0 bridgehead atoms. The number of aromatic nitrogens is 3. The van der Waals surface area contributed by atoms with Crippen LogP contribution in [0, 0.1) is 11.2 Å². The highest BCUT2D eigenvalue weighted by Gasteiger charge is 2.43. The zero-order valence-electron chi connectivity index (χ0n) is 18.3. The molecule has 3 aromatic rings. The first-order chi connectivity index (χ1) is 16.0. The van der Waals surface area contributed by atoms with Crippen molar-refractivity contribution in [1.29, 1.82) is 0 Å². The van der Waals surface area contributed by atoms with Crippen LogP contribution in [0.5, 0.6) is 0 Å². The van der Waals surface area contributed by atoms with Crippen molar-refractivity contribution in [3.63, 3.8) is 0 Å². The van der Waals surface area contributed by atoms with Crippen LogP contribution in [0.2, 0.25) is 0 Å². The number of rotatable bonds is 4. The molecule has 0 saturated carbocycles. The fraction of sp³-hybridized carbons (Fsp3) is 0.375. The van der Waals surface area contributed by atoms with Gasteiger partial charge in [-0.3, -0.25) is 9.78 Å². The molecular weight excluding hydrogens is 427 g/mol. The van der Waals surface area contributed by atoms with E-state index < -0.39 is 11.7 Å². The largest absolute Gasteiger partial charge is 0.378 e. The molecule has 0 N–H and O–H groups in total. The maximum atomic E-state index is 13.5. The minimum absolute atomic E-state index is 0.0126. The van der Waals surface area contributed by atoms with Gasteiger partial charge in [-0.15, -0.1) is 0 Å². The van der Waals surface area contributed by atoms with Crippen molar-refractivity contribution < 1.29 is 23.4 Å². The first-order valence-corrected chi connectivity index (χ1v) is 10.9. The minimum atomic E-state index is -0.763. The molecule has 0 spiro atoms. The molecule has 1 amide bonds. The third-order valence-electron chi connectivity index (χ3n) is 5.94. The molecule has 9 heteroatoms. The zero-order chi connectivity index (χ0) is 22.8. The lowest BCUT2D eigenvalue weighted by molar-refractivity contribution is -0.233. The molecule has 0 unspecified atom stereocenters. The maximum absolute atomic E-state index is 13.5. The number of ether oxygens (including phenoxy) is 3. The predicted molar refractivity (Wildman–Crippen MR) is 117 cm³/mol. The predicted octanol–water partition coefficient (Wildman–Crippen LogP) is 2.98. The molecule has 0 aliphatic carbocycles. The van der Waals surface area contributed by atoms with Crippen molar-refractivity contribution in [3.8, 4) is 16.9 Å². The van der Waals surface area contributed by atoms with E-state index in [4.69, 9.17) is 19.3 Å². The molecule has 172 valence electrons. The Morgan fingerprint density at radius 3 is 2.39 bits per heavy atom. The fourth-order valence-electron chi connectivity index (χ4n) is 4.07. The van der Waals surface area contributed by atoms with Crippen LogP contribution in [0.25, 0.3) is 16.9 Å². The summed E-state index contributed by atoms with van der Waals surface area (Å²) >= 11 is 0. The van der Waals surface area contributed by atoms with Gasteiger partial charge in [0.1, 0.15) is 11.5 Å². The van der Waals surface area contributed by atoms with Gasteiger partial charge in [0.25, 0.3) is 0 Å². The summed E-state index contributed by atoms with van der Waals surface area (Å²) in [6.45, 7) is 4.56. The van der Waals surface area contributed by atoms with E-state index in [-0.39, 0.29) is 24.9 Å². The molecule has 0 radical (unpaired) electrons. The lowest BCUT2D eigenvalue weighted by atomic mass is 9.90. The van der Waals surface area contributed by atoms with Gasteiger partial charge in [-0.05, 0) is 49.4 Å². The third kappa shape index (κ3) is 4.39. The van der Waals surface area contributed by atoms with E-state index in [0.29, 0.717) is 37.7 Å². The number of hydrogen-bond donors (Lipinski definition) is 0. The summed E-state index contributed by atoms with van der Waals surface area (Å²) in [5, 5.41) is 4.70. The van der Waals surface area contributed by atoms with E-state index in [2.05, 4.69) is 4.98 Å². The van der Waals surface area contributed by atoms with Gasteiger partial charge < -0.3 is 19.1 Å². The van der Waals surface area contributed by atoms with E-state index in [9.17, 15) is 9.18 Å². The minimum Gasteiger partial charge on any atom is -0.378 e. The molecule has 2 fully saturated rings. The summed E-state index contributed by atoms with van der Waals surface area (Å²) in [4.78, 5) is 18.9. The van der Waals surface area contributed by atoms with Gasteiger partial charge in [0.15, 0.2) is 0 Å². The van der Waals surface area contributed by atoms with Gasteiger partial charge in [0.05, 0.1) is 43.2 Å². The number of hydrogen-bond acceptors (Lipinski definition) is 6. The molecule has 2 aromatic heterocycles. The quantitative estimate of drug-likeness (QED) is 0.606. The van der Waals surface area contributed by atoms with E-state index in [1.165, 1.54) is 12.1 Å². The van der Waals surface area contributed by atoms with E-state index >= 15 is 0 Å². The molecule has 2 aliphatic rings. The number of amides is 1. The summed E-state index contributed by atoms with van der Waals surface area (Å²) in [5.41, 5.74) is 2.21. The molecule has 1 aromatic carbocycles. The Hall–Kier alpha value is -3.14. The van der Waals surface area contributed by atoms with Gasteiger partial charge in [-0.25, -0.2) is 9.07 Å². The zero-order valence-corrected chi connectivity index (χ0v) is 18.3. The summed E-state index contributed by atoms with van der Waals surface area (Å²) in [6.07, 6.45) is 2.69. The van der Waals surface area contributed by atoms with Crippen LogP contribution in [-0.4, -0.2) is 65.1 Å². The van der Waals surface area contributed by atoms with Crippen LogP contribution in [0.15, 0.2) is 54.9 Å². The number of morpholine rings is 1. The number of benzene rings is 1. The molecule has 2 aliphatic heterocycles. The Kier molecular flexibility index (Phi) is 5.92. The van der Waals surface area contributed by atoms with Gasteiger partial charge in [0, 0.05) is 31.0 Å². The molecule has 33 heavy (non-hydrogen) atoms. The average Bonchev–Trinajstić information content (AvgIpc) is 3.31. The second-order valence-corrected chi connectivity index (χ2v) is 8.50. The van der Waals surface area contributed by atoms with Crippen molar-refractivity contribution in [1.82, 2.24) is 19.7 Å². The molecule has 8 nitrogen and oxygen atoms in total. The summed E-state index contributed by atoms with van der Waals surface area (Å²) in [6, 6.07) is 11.8. The van der Waals surface area contributed by atoms with Crippen LogP contribution in [0.3, 0.4) is 0 Å². The Balaban J connectivity index is 1.39. The van der Waals surface area contributed by atoms with Crippen molar-refractivity contribution in [2.45, 2.75) is 13.2 Å². The highest BCUT2D eigenvalue weighted by molar-refractivity contribution is 5.83. The third-order valence-corrected chi connectivity index (χ3v) is 5.94. The second kappa shape index (κ2) is 9.01. The van der Waals surface area contributed by atoms with Gasteiger partial charge in [-0.2, -0.15) is 5.10 Å². The van der Waals surface area contributed by atoms with Gasteiger partial charge >= 0.3 is 0 Å². The fourth-order valence-corrected chi connectivity index (χ4v) is 4.07. The van der Waals surface area contributed by atoms with Crippen LogP contribution in [0.4, 0.5) is 4.39 Å². The summed E-state index contributed by atoms with van der Waals surface area (Å²) in [5.74, 6) is -0.307. The first-order valence-electron chi connectivity index (χ1n) is 10.9. The number of carbonyl (C=O) groups is 1. The smallest absolute Gasteiger partial charge is 0.233 e. The highest BCUT2D eigenvalue weighted by Crippen LogP contribution is 2.35. The van der Waals surface area contributed by atoms with E-state index in [0.717, 1.165) is 11.3 Å². The van der Waals surface area contributed by atoms with Crippen molar-refractivity contribution in [3.05, 3.63) is 66.4 Å². The monoisotopic (exact) mass is 452 g/mol.